The number of carbonyl (C=O) groups excluding carboxylic acids is 2. The van der Waals surface area contributed by atoms with E-state index in [0.717, 1.165) is 28.6 Å². The van der Waals surface area contributed by atoms with Crippen molar-refractivity contribution in [1.29, 1.82) is 0 Å². The lowest BCUT2D eigenvalue weighted by atomic mass is 9.86. The summed E-state index contributed by atoms with van der Waals surface area (Å²) >= 11 is 0. The molecule has 2 atom stereocenters. The summed E-state index contributed by atoms with van der Waals surface area (Å²) in [5.41, 5.74) is 2.65. The summed E-state index contributed by atoms with van der Waals surface area (Å²) in [6, 6.07) is 25.9. The first-order valence-corrected chi connectivity index (χ1v) is 14.5. The van der Waals surface area contributed by atoms with Crippen LogP contribution < -0.4 is 9.47 Å². The summed E-state index contributed by atoms with van der Waals surface area (Å²) in [6.07, 6.45) is -1.89. The summed E-state index contributed by atoms with van der Waals surface area (Å²) in [6.45, 7) is 0.700. The Labute approximate surface area is 258 Å². The number of nitrogens with zero attached hydrogens (tertiary/aromatic N) is 2. The Balaban J connectivity index is 1.41. The summed E-state index contributed by atoms with van der Waals surface area (Å²) in [4.78, 5) is 30.0. The number of aromatic nitrogens is 1. The lowest BCUT2D eigenvalue weighted by Crippen LogP contribution is -2.42. The minimum absolute atomic E-state index is 0.202. The SMILES string of the molecule is COc1cccc(C(=O)C2C(c3cn(Cc4ccc(C(F)(F)F)cc4)c4ccccc34)CCN2C(=O)c2cccc(OC)c2)c1. The van der Waals surface area contributed by atoms with Crippen molar-refractivity contribution in [2.75, 3.05) is 20.8 Å². The molecule has 6 rings (SSSR count). The molecule has 1 saturated heterocycles. The maximum atomic E-state index is 14.3. The second kappa shape index (κ2) is 12.1. The van der Waals surface area contributed by atoms with Crippen molar-refractivity contribution in [3.63, 3.8) is 0 Å². The van der Waals surface area contributed by atoms with Crippen molar-refractivity contribution >= 4 is 22.6 Å². The molecule has 1 aliphatic rings. The maximum Gasteiger partial charge on any atom is 0.416 e. The van der Waals surface area contributed by atoms with Gasteiger partial charge < -0.3 is 18.9 Å². The van der Waals surface area contributed by atoms with Gasteiger partial charge in [0.2, 0.25) is 0 Å². The average Bonchev–Trinajstić information content (AvgIpc) is 3.66. The largest absolute Gasteiger partial charge is 0.497 e. The fourth-order valence-electron chi connectivity index (χ4n) is 6.24. The number of halogens is 3. The highest BCUT2D eigenvalue weighted by atomic mass is 19.4. The number of carbonyl (C=O) groups is 2. The zero-order valence-electron chi connectivity index (χ0n) is 24.8. The highest BCUT2D eigenvalue weighted by Gasteiger charge is 2.44. The van der Waals surface area contributed by atoms with Crippen LogP contribution in [0.3, 0.4) is 0 Å². The van der Waals surface area contributed by atoms with Crippen LogP contribution in [0.1, 0.15) is 49.7 Å². The van der Waals surface area contributed by atoms with Gasteiger partial charge in [-0.2, -0.15) is 13.2 Å². The zero-order valence-corrected chi connectivity index (χ0v) is 24.8. The van der Waals surface area contributed by atoms with Gasteiger partial charge in [0.1, 0.15) is 17.5 Å². The van der Waals surface area contributed by atoms with Crippen LogP contribution in [0.25, 0.3) is 10.9 Å². The number of methoxy groups -OCH3 is 2. The van der Waals surface area contributed by atoms with Crippen molar-refractivity contribution in [3.8, 4) is 11.5 Å². The van der Waals surface area contributed by atoms with Gasteiger partial charge in [0, 0.05) is 47.2 Å². The van der Waals surface area contributed by atoms with E-state index in [0.29, 0.717) is 47.7 Å². The number of para-hydroxylation sites is 1. The first-order chi connectivity index (χ1) is 21.7. The van der Waals surface area contributed by atoms with Crippen LogP contribution in [0.2, 0.25) is 0 Å². The van der Waals surface area contributed by atoms with Crippen molar-refractivity contribution in [2.45, 2.75) is 31.1 Å². The number of fused-ring (bicyclic) bond motifs is 1. The van der Waals surface area contributed by atoms with Crippen LogP contribution in [-0.4, -0.2) is 48.0 Å². The Kier molecular flexibility index (Phi) is 8.10. The van der Waals surface area contributed by atoms with Gasteiger partial charge in [0.15, 0.2) is 5.78 Å². The molecular weight excluding hydrogens is 581 g/mol. The Bertz CT molecular complexity index is 1860. The molecule has 1 aromatic heterocycles. The van der Waals surface area contributed by atoms with Crippen LogP contribution in [0.5, 0.6) is 11.5 Å². The molecular formula is C36H31F3N2O4. The molecule has 5 aromatic rings. The van der Waals surface area contributed by atoms with Gasteiger partial charge in [0.25, 0.3) is 5.91 Å². The lowest BCUT2D eigenvalue weighted by molar-refractivity contribution is -0.137. The smallest absolute Gasteiger partial charge is 0.416 e. The van der Waals surface area contributed by atoms with Crippen LogP contribution in [0.15, 0.2) is 103 Å². The average molecular weight is 613 g/mol. The quantitative estimate of drug-likeness (QED) is 0.169. The third kappa shape index (κ3) is 5.90. The number of alkyl halides is 3. The minimum atomic E-state index is -4.41. The number of ketones is 1. The van der Waals surface area contributed by atoms with E-state index in [9.17, 15) is 22.8 Å². The number of amides is 1. The predicted molar refractivity (Wildman–Crippen MR) is 165 cm³/mol. The second-order valence-corrected chi connectivity index (χ2v) is 11.1. The number of rotatable bonds is 8. The van der Waals surface area contributed by atoms with Crippen molar-refractivity contribution in [1.82, 2.24) is 9.47 Å². The molecule has 230 valence electrons. The number of benzene rings is 4. The molecule has 6 nitrogen and oxygen atoms in total. The van der Waals surface area contributed by atoms with Gasteiger partial charge in [-0.3, -0.25) is 9.59 Å². The molecule has 45 heavy (non-hydrogen) atoms. The molecule has 4 aromatic carbocycles. The molecule has 2 heterocycles. The molecule has 1 aliphatic heterocycles. The van der Waals surface area contributed by atoms with Gasteiger partial charge in [-0.05, 0) is 66.1 Å². The molecule has 1 fully saturated rings. The fourth-order valence-corrected chi connectivity index (χ4v) is 6.24. The van der Waals surface area contributed by atoms with Gasteiger partial charge in [-0.1, -0.05) is 48.5 Å². The second-order valence-electron chi connectivity index (χ2n) is 11.1. The van der Waals surface area contributed by atoms with Crippen molar-refractivity contribution in [2.24, 2.45) is 0 Å². The molecule has 0 bridgehead atoms. The van der Waals surface area contributed by atoms with Gasteiger partial charge in [0.05, 0.1) is 19.8 Å². The van der Waals surface area contributed by atoms with Crippen molar-refractivity contribution < 1.29 is 32.2 Å². The topological polar surface area (TPSA) is 60.8 Å². The van der Waals surface area contributed by atoms with Crippen molar-refractivity contribution in [3.05, 3.63) is 131 Å². The minimum Gasteiger partial charge on any atom is -0.497 e. The number of hydrogen-bond donors (Lipinski definition) is 0. The standard InChI is InChI=1S/C36H31F3N2O4/c1-44-27-9-5-7-24(19-27)34(42)33-30(17-18-41(33)35(43)25-8-6-10-28(20-25)45-2)31-22-40(32-12-4-3-11-29(31)32)21-23-13-15-26(16-14-23)36(37,38)39/h3-16,19-20,22,30,33H,17-18,21H2,1-2H3. The van der Waals surface area contributed by atoms with Crippen LogP contribution in [0.4, 0.5) is 13.2 Å². The summed E-state index contributed by atoms with van der Waals surface area (Å²) < 4.78 is 52.2. The molecule has 9 heteroatoms. The van der Waals surface area contributed by atoms with E-state index in [1.165, 1.54) is 26.4 Å². The Morgan fingerprint density at radius 1 is 0.822 bits per heavy atom. The number of hydrogen-bond acceptors (Lipinski definition) is 4. The highest BCUT2D eigenvalue weighted by molar-refractivity contribution is 6.06. The van der Waals surface area contributed by atoms with Gasteiger partial charge in [-0.15, -0.1) is 0 Å². The number of Topliss-reactive ketones (excluding diaryl/α,β-unsaturated/α-hetero) is 1. The molecule has 0 spiro atoms. The number of likely N-dealkylation sites (tertiary alicyclic amines) is 1. The molecule has 0 saturated carbocycles. The van der Waals surface area contributed by atoms with E-state index < -0.39 is 17.8 Å². The van der Waals surface area contributed by atoms with Crippen LogP contribution >= 0.6 is 0 Å². The molecule has 1 amide bonds. The fraction of sp³-hybridized carbons (Fsp3) is 0.222. The van der Waals surface area contributed by atoms with E-state index in [-0.39, 0.29) is 17.6 Å². The molecule has 2 unspecified atom stereocenters. The first-order valence-electron chi connectivity index (χ1n) is 14.5. The molecule has 0 aliphatic carbocycles. The lowest BCUT2D eigenvalue weighted by Gasteiger charge is -2.27. The molecule has 0 radical (unpaired) electrons. The van der Waals surface area contributed by atoms with Gasteiger partial charge >= 0.3 is 6.18 Å². The van der Waals surface area contributed by atoms with Crippen LogP contribution in [-0.2, 0) is 12.7 Å². The van der Waals surface area contributed by atoms with E-state index in [1.807, 2.05) is 35.0 Å². The summed E-state index contributed by atoms with van der Waals surface area (Å²) in [7, 11) is 3.07. The summed E-state index contributed by atoms with van der Waals surface area (Å²) in [5, 5.41) is 0.925. The maximum absolute atomic E-state index is 14.3. The number of ether oxygens (including phenoxy) is 2. The zero-order chi connectivity index (χ0) is 31.7. The van der Waals surface area contributed by atoms with E-state index in [2.05, 4.69) is 0 Å². The third-order valence-corrected chi connectivity index (χ3v) is 8.45. The predicted octanol–water partition coefficient (Wildman–Crippen LogP) is 7.61. The Hall–Kier alpha value is -5.05. The highest BCUT2D eigenvalue weighted by Crippen LogP contribution is 2.41. The first kappa shape index (κ1) is 30.0. The van der Waals surface area contributed by atoms with E-state index >= 15 is 0 Å². The van der Waals surface area contributed by atoms with E-state index in [1.54, 1.807) is 53.4 Å². The third-order valence-electron chi connectivity index (χ3n) is 8.45. The normalized spacial score (nSPS) is 16.6. The summed E-state index contributed by atoms with van der Waals surface area (Å²) in [5.74, 6) is 0.267. The Morgan fingerprint density at radius 3 is 2.13 bits per heavy atom. The van der Waals surface area contributed by atoms with Gasteiger partial charge in [-0.25, -0.2) is 0 Å². The Morgan fingerprint density at radius 2 is 1.47 bits per heavy atom. The van der Waals surface area contributed by atoms with E-state index in [4.69, 9.17) is 9.47 Å². The van der Waals surface area contributed by atoms with Crippen LogP contribution in [0, 0.1) is 0 Å². The molecule has 0 N–H and O–H groups in total. The monoisotopic (exact) mass is 612 g/mol.